The second kappa shape index (κ2) is 6.17. The standard InChI is InChI=1S/C15H30FN/c1-14(2,3)9-7-10-15(4,16)12-13-8-5-6-11-17-13/h13,17H,5-12H2,1-4H3. The molecule has 2 atom stereocenters. The van der Waals surface area contributed by atoms with Gasteiger partial charge in [-0.3, -0.25) is 0 Å². The fraction of sp³-hybridized carbons (Fsp3) is 1.00. The molecule has 1 aliphatic rings. The minimum absolute atomic E-state index is 0.333. The average molecular weight is 243 g/mol. The number of piperidine rings is 1. The SMILES string of the molecule is CC(C)(C)CCCC(C)(F)CC1CCCCN1. The van der Waals surface area contributed by atoms with Crippen molar-refractivity contribution in [3.8, 4) is 0 Å². The maximum Gasteiger partial charge on any atom is 0.109 e. The first-order valence-electron chi connectivity index (χ1n) is 7.21. The molecule has 0 bridgehead atoms. The molecule has 0 aromatic rings. The van der Waals surface area contributed by atoms with Crippen LogP contribution in [0.25, 0.3) is 0 Å². The molecule has 0 spiro atoms. The van der Waals surface area contributed by atoms with Gasteiger partial charge in [0, 0.05) is 6.04 Å². The van der Waals surface area contributed by atoms with Crippen molar-refractivity contribution in [2.75, 3.05) is 6.54 Å². The Balaban J connectivity index is 2.24. The molecule has 102 valence electrons. The highest BCUT2D eigenvalue weighted by Crippen LogP contribution is 2.30. The number of nitrogens with one attached hydrogen (secondary N) is 1. The van der Waals surface area contributed by atoms with Crippen LogP contribution in [0.4, 0.5) is 4.39 Å². The van der Waals surface area contributed by atoms with Gasteiger partial charge in [0.2, 0.25) is 0 Å². The molecule has 0 saturated carbocycles. The van der Waals surface area contributed by atoms with E-state index in [1.54, 1.807) is 6.92 Å². The Morgan fingerprint density at radius 2 is 1.82 bits per heavy atom. The van der Waals surface area contributed by atoms with Gasteiger partial charge in [-0.15, -0.1) is 0 Å². The summed E-state index contributed by atoms with van der Waals surface area (Å²) in [5, 5.41) is 3.44. The van der Waals surface area contributed by atoms with Crippen molar-refractivity contribution in [3.63, 3.8) is 0 Å². The largest absolute Gasteiger partial charge is 0.314 e. The third-order valence-electron chi connectivity index (χ3n) is 3.71. The van der Waals surface area contributed by atoms with E-state index in [0.717, 1.165) is 25.8 Å². The zero-order valence-corrected chi connectivity index (χ0v) is 12.1. The lowest BCUT2D eigenvalue weighted by Crippen LogP contribution is -2.39. The van der Waals surface area contributed by atoms with Crippen LogP contribution >= 0.6 is 0 Å². The number of hydrogen-bond donors (Lipinski definition) is 1. The van der Waals surface area contributed by atoms with E-state index < -0.39 is 5.67 Å². The summed E-state index contributed by atoms with van der Waals surface area (Å²) in [6, 6.07) is 0.411. The topological polar surface area (TPSA) is 12.0 Å². The number of rotatable bonds is 5. The Bertz CT molecular complexity index is 211. The Labute approximate surface area is 107 Å². The molecule has 0 aromatic carbocycles. The summed E-state index contributed by atoms with van der Waals surface area (Å²) in [7, 11) is 0. The Morgan fingerprint density at radius 3 is 2.35 bits per heavy atom. The molecule has 2 unspecified atom stereocenters. The van der Waals surface area contributed by atoms with E-state index in [9.17, 15) is 4.39 Å². The molecule has 0 radical (unpaired) electrons. The highest BCUT2D eigenvalue weighted by molar-refractivity contribution is 4.83. The van der Waals surface area contributed by atoms with Crippen LogP contribution in [0.3, 0.4) is 0 Å². The normalized spacial score (nSPS) is 25.6. The van der Waals surface area contributed by atoms with E-state index in [1.165, 1.54) is 12.8 Å². The van der Waals surface area contributed by atoms with Crippen molar-refractivity contribution in [2.24, 2.45) is 5.41 Å². The summed E-state index contributed by atoms with van der Waals surface area (Å²) in [6.45, 7) is 9.54. The van der Waals surface area contributed by atoms with Crippen LogP contribution in [0, 0.1) is 5.41 Å². The average Bonchev–Trinajstić information content (AvgIpc) is 2.15. The predicted octanol–water partition coefficient (Wildman–Crippen LogP) is 4.46. The van der Waals surface area contributed by atoms with Gasteiger partial charge in [0.05, 0.1) is 0 Å². The van der Waals surface area contributed by atoms with Gasteiger partial charge >= 0.3 is 0 Å². The van der Waals surface area contributed by atoms with Crippen LogP contribution in [-0.2, 0) is 0 Å². The van der Waals surface area contributed by atoms with Gasteiger partial charge in [-0.2, -0.15) is 0 Å². The molecule has 0 aromatic heterocycles. The molecule has 1 aliphatic heterocycles. The fourth-order valence-corrected chi connectivity index (χ4v) is 2.70. The van der Waals surface area contributed by atoms with Crippen LogP contribution < -0.4 is 5.32 Å². The molecule has 1 saturated heterocycles. The zero-order valence-electron chi connectivity index (χ0n) is 12.1. The molecule has 2 heteroatoms. The predicted molar refractivity (Wildman–Crippen MR) is 73.1 cm³/mol. The highest BCUT2D eigenvalue weighted by atomic mass is 19.1. The number of halogens is 1. The Hall–Kier alpha value is -0.110. The molecular weight excluding hydrogens is 213 g/mol. The van der Waals surface area contributed by atoms with E-state index in [2.05, 4.69) is 26.1 Å². The quantitative estimate of drug-likeness (QED) is 0.751. The summed E-state index contributed by atoms with van der Waals surface area (Å²) in [6.07, 6.45) is 7.19. The summed E-state index contributed by atoms with van der Waals surface area (Å²) >= 11 is 0. The molecule has 1 nitrogen and oxygen atoms in total. The second-order valence-electron chi connectivity index (χ2n) is 7.18. The minimum Gasteiger partial charge on any atom is -0.314 e. The first-order valence-corrected chi connectivity index (χ1v) is 7.21. The molecular formula is C15H30FN. The van der Waals surface area contributed by atoms with Gasteiger partial charge in [-0.25, -0.2) is 4.39 Å². The van der Waals surface area contributed by atoms with E-state index in [1.807, 2.05) is 0 Å². The maximum absolute atomic E-state index is 14.4. The van der Waals surface area contributed by atoms with Crippen molar-refractivity contribution in [3.05, 3.63) is 0 Å². The van der Waals surface area contributed by atoms with Gasteiger partial charge in [-0.05, 0) is 57.4 Å². The van der Waals surface area contributed by atoms with Crippen molar-refractivity contribution < 1.29 is 4.39 Å². The molecule has 1 fully saturated rings. The van der Waals surface area contributed by atoms with Crippen LogP contribution in [-0.4, -0.2) is 18.3 Å². The van der Waals surface area contributed by atoms with Crippen LogP contribution in [0.15, 0.2) is 0 Å². The molecule has 0 aliphatic carbocycles. The van der Waals surface area contributed by atoms with Gasteiger partial charge in [0.1, 0.15) is 5.67 Å². The van der Waals surface area contributed by atoms with Crippen LogP contribution in [0.2, 0.25) is 0 Å². The third-order valence-corrected chi connectivity index (χ3v) is 3.71. The van der Waals surface area contributed by atoms with E-state index in [4.69, 9.17) is 0 Å². The van der Waals surface area contributed by atoms with Gasteiger partial charge < -0.3 is 5.32 Å². The Morgan fingerprint density at radius 1 is 1.12 bits per heavy atom. The summed E-state index contributed by atoms with van der Waals surface area (Å²) < 4.78 is 14.4. The van der Waals surface area contributed by atoms with Crippen molar-refractivity contribution in [1.29, 1.82) is 0 Å². The van der Waals surface area contributed by atoms with Crippen LogP contribution in [0.5, 0.6) is 0 Å². The summed E-state index contributed by atoms with van der Waals surface area (Å²) in [5.41, 5.74) is -0.653. The molecule has 17 heavy (non-hydrogen) atoms. The van der Waals surface area contributed by atoms with Gasteiger partial charge in [0.15, 0.2) is 0 Å². The van der Waals surface area contributed by atoms with Crippen LogP contribution in [0.1, 0.15) is 72.6 Å². The molecule has 1 rings (SSSR count). The lowest BCUT2D eigenvalue weighted by atomic mass is 9.85. The zero-order chi connectivity index (χ0) is 12.9. The monoisotopic (exact) mass is 243 g/mol. The van der Waals surface area contributed by atoms with Crippen molar-refractivity contribution in [2.45, 2.75) is 84.4 Å². The smallest absolute Gasteiger partial charge is 0.109 e. The fourth-order valence-electron chi connectivity index (χ4n) is 2.70. The van der Waals surface area contributed by atoms with Gasteiger partial charge in [0.25, 0.3) is 0 Å². The van der Waals surface area contributed by atoms with E-state index in [-0.39, 0.29) is 0 Å². The second-order valence-corrected chi connectivity index (χ2v) is 7.18. The third kappa shape index (κ3) is 7.03. The Kier molecular flexibility index (Phi) is 5.43. The number of alkyl halides is 1. The molecule has 1 heterocycles. The first kappa shape index (κ1) is 14.9. The molecule has 0 amide bonds. The maximum atomic E-state index is 14.4. The lowest BCUT2D eigenvalue weighted by Gasteiger charge is -2.30. The first-order chi connectivity index (χ1) is 7.79. The highest BCUT2D eigenvalue weighted by Gasteiger charge is 2.28. The van der Waals surface area contributed by atoms with Crippen molar-refractivity contribution in [1.82, 2.24) is 5.32 Å². The van der Waals surface area contributed by atoms with E-state index >= 15 is 0 Å². The van der Waals surface area contributed by atoms with Gasteiger partial charge in [-0.1, -0.05) is 27.2 Å². The summed E-state index contributed by atoms with van der Waals surface area (Å²) in [5.74, 6) is 0. The summed E-state index contributed by atoms with van der Waals surface area (Å²) in [4.78, 5) is 0. The number of hydrogen-bond acceptors (Lipinski definition) is 1. The van der Waals surface area contributed by atoms with Crippen molar-refractivity contribution >= 4 is 0 Å². The minimum atomic E-state index is -0.986. The molecule has 1 N–H and O–H groups in total. The van der Waals surface area contributed by atoms with E-state index in [0.29, 0.717) is 24.3 Å². The lowest BCUT2D eigenvalue weighted by molar-refractivity contribution is 0.126.